The number of nitrogens with zero attached hydrogens (tertiary/aromatic N) is 2. The van der Waals surface area contributed by atoms with E-state index >= 15 is 0 Å². The SMILES string of the molecule is Oc1ccc2c(c1)C13CCCC[C@@H]1[C@H](C2)N(CCN1CC[C@]24CCCC[C@H]2[C@H]1Cc1ccc(O)cc14)CC3. The van der Waals surface area contributed by atoms with Crippen LogP contribution in [0.4, 0.5) is 0 Å². The average molecular weight is 513 g/mol. The van der Waals surface area contributed by atoms with Gasteiger partial charge in [0.1, 0.15) is 11.5 Å². The molecule has 0 amide bonds. The second-order valence-electron chi connectivity index (χ2n) is 13.8. The summed E-state index contributed by atoms with van der Waals surface area (Å²) < 4.78 is 0. The molecule has 8 rings (SSSR count). The van der Waals surface area contributed by atoms with Crippen LogP contribution in [0.5, 0.6) is 11.5 Å². The molecule has 2 aliphatic heterocycles. The van der Waals surface area contributed by atoms with E-state index in [0.29, 0.717) is 34.4 Å². The number of piperidine rings is 2. The molecule has 2 N–H and O–H groups in total. The summed E-state index contributed by atoms with van der Waals surface area (Å²) in [6.07, 6.45) is 15.6. The van der Waals surface area contributed by atoms with Crippen molar-refractivity contribution in [1.29, 1.82) is 0 Å². The smallest absolute Gasteiger partial charge is 0.115 e. The zero-order chi connectivity index (χ0) is 25.5. The Bertz CT molecular complexity index is 1150. The van der Waals surface area contributed by atoms with Crippen LogP contribution >= 0.6 is 0 Å². The number of phenols is 2. The summed E-state index contributed by atoms with van der Waals surface area (Å²) in [7, 11) is 0. The van der Waals surface area contributed by atoms with Crippen molar-refractivity contribution in [2.24, 2.45) is 11.8 Å². The summed E-state index contributed by atoms with van der Waals surface area (Å²) in [5.41, 5.74) is 6.61. The third kappa shape index (κ3) is 3.35. The summed E-state index contributed by atoms with van der Waals surface area (Å²) in [4.78, 5) is 5.78. The number of benzene rings is 2. The van der Waals surface area contributed by atoms with Gasteiger partial charge in [0.25, 0.3) is 0 Å². The highest BCUT2D eigenvalue weighted by atomic mass is 16.3. The van der Waals surface area contributed by atoms with Crippen molar-refractivity contribution in [1.82, 2.24) is 9.80 Å². The number of phenolic OH excluding ortho intramolecular Hbond substituents is 2. The van der Waals surface area contributed by atoms with Crippen molar-refractivity contribution in [2.45, 2.75) is 100.0 Å². The second kappa shape index (κ2) is 8.73. The molecule has 4 nitrogen and oxygen atoms in total. The Kier molecular flexibility index (Phi) is 5.47. The maximum atomic E-state index is 10.4. The van der Waals surface area contributed by atoms with Crippen LogP contribution in [0, 0.1) is 11.8 Å². The molecule has 2 heterocycles. The number of rotatable bonds is 3. The van der Waals surface area contributed by atoms with Gasteiger partial charge in [-0.2, -0.15) is 0 Å². The number of hydrogen-bond acceptors (Lipinski definition) is 4. The van der Waals surface area contributed by atoms with Gasteiger partial charge in [0.15, 0.2) is 0 Å². The zero-order valence-corrected chi connectivity index (χ0v) is 22.9. The second-order valence-corrected chi connectivity index (χ2v) is 13.8. The lowest BCUT2D eigenvalue weighted by atomic mass is 9.52. The van der Waals surface area contributed by atoms with Gasteiger partial charge in [-0.05, 0) is 123 Å². The first-order chi connectivity index (χ1) is 18.6. The third-order valence-corrected chi connectivity index (χ3v) is 12.5. The van der Waals surface area contributed by atoms with Crippen molar-refractivity contribution >= 4 is 0 Å². The normalized spacial score (nSPS) is 38.0. The lowest BCUT2D eigenvalue weighted by Crippen LogP contribution is -2.64. The van der Waals surface area contributed by atoms with E-state index in [1.807, 2.05) is 12.1 Å². The van der Waals surface area contributed by atoms with Crippen molar-refractivity contribution in [2.75, 3.05) is 26.2 Å². The first-order valence-electron chi connectivity index (χ1n) is 15.7. The largest absolute Gasteiger partial charge is 0.508 e. The Hall–Kier alpha value is -2.04. The van der Waals surface area contributed by atoms with E-state index in [2.05, 4.69) is 34.1 Å². The molecule has 2 saturated heterocycles. The van der Waals surface area contributed by atoms with Gasteiger partial charge in [0.05, 0.1) is 0 Å². The number of fused-ring (bicyclic) bond motifs is 2. The summed E-state index contributed by atoms with van der Waals surface area (Å²) in [6, 6.07) is 13.9. The molecule has 2 aromatic carbocycles. The van der Waals surface area contributed by atoms with E-state index in [1.54, 1.807) is 0 Å². The molecular formula is C34H44N2O2. The quantitative estimate of drug-likeness (QED) is 0.536. The summed E-state index contributed by atoms with van der Waals surface area (Å²) in [5, 5.41) is 20.7. The highest BCUT2D eigenvalue weighted by molar-refractivity contribution is 5.46. The number of aromatic hydroxyl groups is 2. The molecule has 6 aliphatic rings. The monoisotopic (exact) mass is 512 g/mol. The van der Waals surface area contributed by atoms with Crippen LogP contribution in [0.3, 0.4) is 0 Å². The first-order valence-corrected chi connectivity index (χ1v) is 15.7. The van der Waals surface area contributed by atoms with Crippen LogP contribution in [0.1, 0.15) is 86.5 Å². The van der Waals surface area contributed by atoms with Gasteiger partial charge >= 0.3 is 0 Å². The average Bonchev–Trinajstić information content (AvgIpc) is 2.94. The summed E-state index contributed by atoms with van der Waals surface area (Å²) in [6.45, 7) is 4.82. The lowest BCUT2D eigenvalue weighted by molar-refractivity contribution is -0.0384. The van der Waals surface area contributed by atoms with Gasteiger partial charge in [-0.25, -0.2) is 0 Å². The molecule has 0 spiro atoms. The van der Waals surface area contributed by atoms with E-state index in [4.69, 9.17) is 0 Å². The van der Waals surface area contributed by atoms with Crippen molar-refractivity contribution in [3.8, 4) is 11.5 Å². The molecule has 38 heavy (non-hydrogen) atoms. The third-order valence-electron chi connectivity index (χ3n) is 12.5. The summed E-state index contributed by atoms with van der Waals surface area (Å²) in [5.74, 6) is 2.41. The van der Waals surface area contributed by atoms with Crippen molar-refractivity contribution in [3.63, 3.8) is 0 Å². The minimum absolute atomic E-state index is 0.303. The molecule has 202 valence electrons. The Morgan fingerprint density at radius 2 is 1.11 bits per heavy atom. The predicted molar refractivity (Wildman–Crippen MR) is 151 cm³/mol. The molecule has 4 aliphatic carbocycles. The van der Waals surface area contributed by atoms with Crippen LogP contribution in [0.2, 0.25) is 0 Å². The summed E-state index contributed by atoms with van der Waals surface area (Å²) >= 11 is 0. The van der Waals surface area contributed by atoms with Crippen LogP contribution in [0.25, 0.3) is 0 Å². The molecule has 4 heteroatoms. The highest BCUT2D eigenvalue weighted by Gasteiger charge is 2.55. The van der Waals surface area contributed by atoms with Crippen LogP contribution < -0.4 is 0 Å². The van der Waals surface area contributed by atoms with E-state index in [-0.39, 0.29) is 0 Å². The van der Waals surface area contributed by atoms with Crippen molar-refractivity contribution < 1.29 is 10.2 Å². The van der Waals surface area contributed by atoms with Gasteiger partial charge < -0.3 is 10.2 Å². The van der Waals surface area contributed by atoms with Crippen LogP contribution in [-0.4, -0.2) is 58.3 Å². The van der Waals surface area contributed by atoms with Crippen LogP contribution in [0.15, 0.2) is 36.4 Å². The predicted octanol–water partition coefficient (Wildman–Crippen LogP) is 5.91. The zero-order valence-electron chi connectivity index (χ0n) is 22.9. The molecule has 0 aromatic heterocycles. The fourth-order valence-corrected chi connectivity index (χ4v) is 11.0. The standard InChI is InChI=1S/C34H44N2O2/c37-25-9-7-23-19-31-27-5-1-3-11-33(27,29(23)21-25)13-15-35(31)17-18-36-16-14-34-12-4-2-6-28(34)32(36)20-24-8-10-26(38)22-30(24)34/h7-10,21-22,27-28,31-32,37-38H,1-6,11-20H2/t27-,28+,31+,32-,33+,34?/m0/s1. The molecule has 0 radical (unpaired) electrons. The minimum atomic E-state index is 0.303. The Morgan fingerprint density at radius 3 is 1.58 bits per heavy atom. The van der Waals surface area contributed by atoms with Gasteiger partial charge in [-0.3, -0.25) is 9.80 Å². The van der Waals surface area contributed by atoms with Gasteiger partial charge in [-0.15, -0.1) is 0 Å². The first kappa shape index (κ1) is 23.8. The molecule has 6 atom stereocenters. The fourth-order valence-electron chi connectivity index (χ4n) is 11.0. The molecular weight excluding hydrogens is 468 g/mol. The molecule has 2 saturated carbocycles. The molecule has 1 unspecified atom stereocenters. The highest BCUT2D eigenvalue weighted by Crippen LogP contribution is 2.58. The van der Waals surface area contributed by atoms with E-state index < -0.39 is 0 Å². The van der Waals surface area contributed by atoms with Gasteiger partial charge in [0.2, 0.25) is 0 Å². The van der Waals surface area contributed by atoms with E-state index in [9.17, 15) is 10.2 Å². The minimum Gasteiger partial charge on any atom is -0.508 e. The molecule has 2 aromatic rings. The Balaban J connectivity index is 1.05. The Labute approximate surface area is 228 Å². The number of likely N-dealkylation sites (tertiary alicyclic amines) is 2. The van der Waals surface area contributed by atoms with Crippen molar-refractivity contribution in [3.05, 3.63) is 58.7 Å². The molecule has 4 fully saturated rings. The number of hydrogen-bond donors (Lipinski definition) is 2. The topological polar surface area (TPSA) is 46.9 Å². The fraction of sp³-hybridized carbons (Fsp3) is 0.647. The Morgan fingerprint density at radius 1 is 0.632 bits per heavy atom. The lowest BCUT2D eigenvalue weighted by Gasteiger charge is -2.60. The maximum absolute atomic E-state index is 10.4. The van der Waals surface area contributed by atoms with E-state index in [0.717, 1.165) is 24.7 Å². The van der Waals surface area contributed by atoms with E-state index in [1.165, 1.54) is 113 Å². The maximum Gasteiger partial charge on any atom is 0.115 e. The van der Waals surface area contributed by atoms with Crippen LogP contribution in [-0.2, 0) is 23.7 Å². The van der Waals surface area contributed by atoms with Gasteiger partial charge in [0, 0.05) is 36.0 Å². The molecule has 4 bridgehead atoms. The van der Waals surface area contributed by atoms with Gasteiger partial charge in [-0.1, -0.05) is 37.8 Å².